The molecule has 0 spiro atoms. The Morgan fingerprint density at radius 2 is 1.89 bits per heavy atom. The van der Waals surface area contributed by atoms with Crippen LogP contribution in [-0.4, -0.2) is 82.0 Å². The molecule has 0 aromatic rings. The van der Waals surface area contributed by atoms with Gasteiger partial charge in [-0.3, -0.25) is 4.90 Å². The Kier molecular flexibility index (Phi) is 5.59. The molecule has 0 aromatic heterocycles. The van der Waals surface area contributed by atoms with E-state index in [1.54, 1.807) is 14.2 Å². The normalized spacial score (nSPS) is 34.1. The third kappa shape index (κ3) is 3.11. The molecule has 0 saturated carbocycles. The summed E-state index contributed by atoms with van der Waals surface area (Å²) in [6, 6.07) is 0. The van der Waals surface area contributed by atoms with Crippen LogP contribution in [0.2, 0.25) is 0 Å². The largest absolute Gasteiger partial charge is 0.383 e. The molecule has 2 bridgehead atoms. The van der Waals surface area contributed by atoms with Crippen molar-refractivity contribution in [3.8, 4) is 0 Å². The smallest absolute Gasteiger partial charge is 0.0589 e. The Bertz CT molecular complexity index is 269. The molecule has 2 aliphatic rings. The van der Waals surface area contributed by atoms with E-state index in [0.717, 1.165) is 32.8 Å². The van der Waals surface area contributed by atoms with Crippen LogP contribution < -0.4 is 5.73 Å². The fourth-order valence-corrected chi connectivity index (χ4v) is 3.80. The van der Waals surface area contributed by atoms with Crippen molar-refractivity contribution in [1.29, 1.82) is 0 Å². The van der Waals surface area contributed by atoms with E-state index in [9.17, 15) is 0 Å². The summed E-state index contributed by atoms with van der Waals surface area (Å²) in [7, 11) is 3.53. The molecule has 2 aliphatic heterocycles. The van der Waals surface area contributed by atoms with Gasteiger partial charge >= 0.3 is 0 Å². The fraction of sp³-hybridized carbons (Fsp3) is 1.00. The van der Waals surface area contributed by atoms with E-state index in [0.29, 0.717) is 5.92 Å². The van der Waals surface area contributed by atoms with Crippen LogP contribution in [0.15, 0.2) is 0 Å². The quantitative estimate of drug-likeness (QED) is 0.674. The van der Waals surface area contributed by atoms with Crippen LogP contribution in [0.4, 0.5) is 0 Å². The van der Waals surface area contributed by atoms with Gasteiger partial charge in [0.1, 0.15) is 0 Å². The van der Waals surface area contributed by atoms with E-state index in [2.05, 4.69) is 9.80 Å². The summed E-state index contributed by atoms with van der Waals surface area (Å²) in [6.45, 7) is 7.83. The molecule has 2 N–H and O–H groups in total. The zero-order valence-electron chi connectivity index (χ0n) is 12.4. The van der Waals surface area contributed by atoms with Crippen molar-refractivity contribution in [3.05, 3.63) is 0 Å². The van der Waals surface area contributed by atoms with Crippen molar-refractivity contribution in [2.24, 2.45) is 11.7 Å². The summed E-state index contributed by atoms with van der Waals surface area (Å²) >= 11 is 0. The van der Waals surface area contributed by atoms with Crippen LogP contribution in [0.1, 0.15) is 12.8 Å². The summed E-state index contributed by atoms with van der Waals surface area (Å²) in [5.41, 5.74) is 6.38. The Balaban J connectivity index is 2.09. The Morgan fingerprint density at radius 1 is 1.21 bits per heavy atom. The van der Waals surface area contributed by atoms with Gasteiger partial charge in [0.15, 0.2) is 0 Å². The average Bonchev–Trinajstić information content (AvgIpc) is 2.85. The van der Waals surface area contributed by atoms with Crippen LogP contribution in [0.3, 0.4) is 0 Å². The third-order valence-electron chi connectivity index (χ3n) is 5.01. The van der Waals surface area contributed by atoms with Gasteiger partial charge < -0.3 is 20.1 Å². The van der Waals surface area contributed by atoms with Crippen LogP contribution >= 0.6 is 0 Å². The Labute approximate surface area is 117 Å². The molecule has 2 rings (SSSR count). The number of fused-ring (bicyclic) bond motifs is 2. The van der Waals surface area contributed by atoms with Crippen molar-refractivity contribution in [1.82, 2.24) is 9.80 Å². The van der Waals surface area contributed by atoms with Gasteiger partial charge in [-0.05, 0) is 31.8 Å². The summed E-state index contributed by atoms with van der Waals surface area (Å²) < 4.78 is 10.6. The minimum atomic E-state index is 0.157. The van der Waals surface area contributed by atoms with Gasteiger partial charge in [0.05, 0.1) is 13.2 Å². The molecule has 0 aromatic carbocycles. The molecule has 0 amide bonds. The van der Waals surface area contributed by atoms with Crippen LogP contribution in [0.5, 0.6) is 0 Å². The summed E-state index contributed by atoms with van der Waals surface area (Å²) in [6.07, 6.45) is 2.47. The van der Waals surface area contributed by atoms with Gasteiger partial charge in [-0.25, -0.2) is 0 Å². The summed E-state index contributed by atoms with van der Waals surface area (Å²) in [5.74, 6) is 0.708. The highest BCUT2D eigenvalue weighted by Gasteiger charge is 2.48. The molecular formula is C14H29N3O2. The first-order valence-corrected chi connectivity index (χ1v) is 7.42. The van der Waals surface area contributed by atoms with E-state index >= 15 is 0 Å². The number of methoxy groups -OCH3 is 2. The van der Waals surface area contributed by atoms with Crippen LogP contribution in [0, 0.1) is 5.92 Å². The van der Waals surface area contributed by atoms with Crippen molar-refractivity contribution < 1.29 is 9.47 Å². The summed E-state index contributed by atoms with van der Waals surface area (Å²) in [4.78, 5) is 5.11. The number of hydrogen-bond donors (Lipinski definition) is 1. The molecule has 0 aliphatic carbocycles. The van der Waals surface area contributed by atoms with Crippen LogP contribution in [-0.2, 0) is 9.47 Å². The second-order valence-electron chi connectivity index (χ2n) is 5.82. The lowest BCUT2D eigenvalue weighted by atomic mass is 9.77. The lowest BCUT2D eigenvalue weighted by Crippen LogP contribution is -2.63. The molecule has 5 heteroatoms. The fourth-order valence-electron chi connectivity index (χ4n) is 3.80. The maximum absolute atomic E-state index is 6.23. The standard InChI is InChI=1S/C14H29N3O2/c1-18-9-7-17(8-10-19-2)14(12-15)4-6-16-5-3-13(14)11-16/h13H,3-12,15H2,1-2H3. The Hall–Kier alpha value is -0.200. The number of nitrogens with two attached hydrogens (primary N) is 1. The number of hydrogen-bond acceptors (Lipinski definition) is 5. The highest BCUT2D eigenvalue weighted by molar-refractivity contribution is 5.05. The van der Waals surface area contributed by atoms with E-state index in [1.165, 1.54) is 32.5 Å². The molecule has 112 valence electrons. The number of rotatable bonds is 8. The number of nitrogens with zero attached hydrogens (tertiary/aromatic N) is 2. The molecule has 3 atom stereocenters. The summed E-state index contributed by atoms with van der Waals surface area (Å²) in [5, 5.41) is 0. The van der Waals surface area contributed by atoms with E-state index < -0.39 is 0 Å². The van der Waals surface area contributed by atoms with Crippen molar-refractivity contribution in [2.75, 3.05) is 66.7 Å². The number of ether oxygens (including phenoxy) is 2. The third-order valence-corrected chi connectivity index (χ3v) is 5.01. The molecule has 2 heterocycles. The van der Waals surface area contributed by atoms with Gasteiger partial charge in [0.2, 0.25) is 0 Å². The van der Waals surface area contributed by atoms with Gasteiger partial charge in [-0.1, -0.05) is 0 Å². The molecule has 2 saturated heterocycles. The van der Waals surface area contributed by atoms with E-state index in [-0.39, 0.29) is 5.54 Å². The lowest BCUT2D eigenvalue weighted by Gasteiger charge is -2.50. The molecule has 19 heavy (non-hydrogen) atoms. The Morgan fingerprint density at radius 3 is 2.47 bits per heavy atom. The predicted molar refractivity (Wildman–Crippen MR) is 76.3 cm³/mol. The van der Waals surface area contributed by atoms with E-state index in [4.69, 9.17) is 15.2 Å². The predicted octanol–water partition coefficient (Wildman–Crippen LogP) is 0.00430. The van der Waals surface area contributed by atoms with Crippen LogP contribution in [0.25, 0.3) is 0 Å². The van der Waals surface area contributed by atoms with Gasteiger partial charge in [0.25, 0.3) is 0 Å². The maximum Gasteiger partial charge on any atom is 0.0589 e. The number of piperidine rings is 1. The zero-order valence-corrected chi connectivity index (χ0v) is 12.4. The first kappa shape index (κ1) is 15.2. The van der Waals surface area contributed by atoms with E-state index in [1.807, 2.05) is 0 Å². The van der Waals surface area contributed by atoms with Crippen molar-refractivity contribution >= 4 is 0 Å². The molecule has 2 fully saturated rings. The van der Waals surface area contributed by atoms with Crippen molar-refractivity contribution in [3.63, 3.8) is 0 Å². The minimum Gasteiger partial charge on any atom is -0.383 e. The molecule has 3 unspecified atom stereocenters. The minimum absolute atomic E-state index is 0.157. The van der Waals surface area contributed by atoms with Gasteiger partial charge in [-0.15, -0.1) is 0 Å². The maximum atomic E-state index is 6.23. The zero-order chi connectivity index (χ0) is 13.7. The highest BCUT2D eigenvalue weighted by Crippen LogP contribution is 2.39. The molecule has 5 nitrogen and oxygen atoms in total. The molecule has 0 radical (unpaired) electrons. The topological polar surface area (TPSA) is 51.0 Å². The first-order valence-electron chi connectivity index (χ1n) is 7.42. The van der Waals surface area contributed by atoms with Gasteiger partial charge in [-0.2, -0.15) is 0 Å². The molecular weight excluding hydrogens is 242 g/mol. The SMILES string of the molecule is COCCN(CCOC)C1(CN)CCN2CCC1C2. The second-order valence-corrected chi connectivity index (χ2v) is 5.82. The first-order chi connectivity index (χ1) is 9.26. The lowest BCUT2D eigenvalue weighted by molar-refractivity contribution is -0.0187. The van der Waals surface area contributed by atoms with Gasteiger partial charge in [0, 0.05) is 45.9 Å². The second kappa shape index (κ2) is 6.99. The monoisotopic (exact) mass is 271 g/mol. The highest BCUT2D eigenvalue weighted by atomic mass is 16.5. The average molecular weight is 271 g/mol. The van der Waals surface area contributed by atoms with Crippen molar-refractivity contribution in [2.45, 2.75) is 18.4 Å².